The molecule has 3 nitrogen and oxygen atoms in total. The van der Waals surface area contributed by atoms with Crippen LogP contribution < -0.4 is 5.32 Å². The van der Waals surface area contributed by atoms with Crippen LogP contribution in [0.3, 0.4) is 0 Å². The Labute approximate surface area is 51.5 Å². The molecule has 8 heavy (non-hydrogen) atoms. The zero-order chi connectivity index (χ0) is 5.98. The third kappa shape index (κ3) is 1.14. The molecule has 1 saturated heterocycles. The average molecular weight is 133 g/mol. The fourth-order valence-corrected chi connectivity index (χ4v) is 1.43. The van der Waals surface area contributed by atoms with Gasteiger partial charge in [-0.1, -0.05) is 0 Å². The minimum atomic E-state index is -0.757. The second kappa shape index (κ2) is 2.37. The third-order valence-electron chi connectivity index (χ3n) is 0.941. The van der Waals surface area contributed by atoms with Crippen molar-refractivity contribution >= 4 is 17.7 Å². The molecule has 0 aliphatic carbocycles. The summed E-state index contributed by atoms with van der Waals surface area (Å²) in [5, 5.41) is 10.8. The van der Waals surface area contributed by atoms with Crippen LogP contribution in [0, 0.1) is 0 Å². The SMILES string of the molecule is O=C(O)[C@H]1NCCS1. The fraction of sp³-hybridized carbons (Fsp3) is 0.750. The van der Waals surface area contributed by atoms with E-state index in [4.69, 9.17) is 5.11 Å². The van der Waals surface area contributed by atoms with Crippen molar-refractivity contribution in [3.8, 4) is 0 Å². The molecule has 1 aliphatic rings. The van der Waals surface area contributed by atoms with Crippen LogP contribution >= 0.6 is 11.8 Å². The second-order valence-corrected chi connectivity index (χ2v) is 2.76. The lowest BCUT2D eigenvalue weighted by molar-refractivity contribution is -0.136. The molecular formula is C4H7NO2S. The van der Waals surface area contributed by atoms with Crippen LogP contribution in [0.4, 0.5) is 0 Å². The quantitative estimate of drug-likeness (QED) is 0.517. The normalized spacial score (nSPS) is 28.2. The number of thioether (sulfide) groups is 1. The van der Waals surface area contributed by atoms with Gasteiger partial charge in [0.15, 0.2) is 5.37 Å². The molecule has 2 N–H and O–H groups in total. The number of hydrogen-bond acceptors (Lipinski definition) is 3. The molecule has 1 atom stereocenters. The first-order chi connectivity index (χ1) is 3.80. The van der Waals surface area contributed by atoms with Crippen molar-refractivity contribution in [3.63, 3.8) is 0 Å². The van der Waals surface area contributed by atoms with Gasteiger partial charge in [-0.05, 0) is 0 Å². The Morgan fingerprint density at radius 2 is 2.62 bits per heavy atom. The minimum absolute atomic E-state index is 0.352. The maximum atomic E-state index is 10.1. The van der Waals surface area contributed by atoms with Gasteiger partial charge in [-0.3, -0.25) is 5.32 Å². The molecule has 0 aromatic heterocycles. The standard InChI is InChI=1S/C4H7NO2S/c6-4(7)3-5-1-2-8-3/h3,5H,1-2H2,(H,6,7)/t3-/m0/s1. The predicted molar refractivity (Wildman–Crippen MR) is 31.9 cm³/mol. The van der Waals surface area contributed by atoms with Gasteiger partial charge in [-0.25, -0.2) is 4.79 Å². The molecule has 0 aromatic carbocycles. The van der Waals surface area contributed by atoms with E-state index in [0.717, 1.165) is 12.3 Å². The highest BCUT2D eigenvalue weighted by molar-refractivity contribution is 8.00. The number of carbonyl (C=O) groups is 1. The second-order valence-electron chi connectivity index (χ2n) is 1.54. The highest BCUT2D eigenvalue weighted by Gasteiger charge is 2.20. The molecule has 1 aliphatic heterocycles. The molecule has 0 unspecified atom stereocenters. The van der Waals surface area contributed by atoms with E-state index in [0.29, 0.717) is 0 Å². The van der Waals surface area contributed by atoms with Gasteiger partial charge < -0.3 is 5.11 Å². The third-order valence-corrected chi connectivity index (χ3v) is 2.08. The molecule has 0 aromatic rings. The van der Waals surface area contributed by atoms with Crippen molar-refractivity contribution < 1.29 is 9.90 Å². The Morgan fingerprint density at radius 1 is 1.88 bits per heavy atom. The lowest BCUT2D eigenvalue weighted by Crippen LogP contribution is -2.27. The van der Waals surface area contributed by atoms with Gasteiger partial charge in [0.1, 0.15) is 0 Å². The smallest absolute Gasteiger partial charge is 0.331 e. The van der Waals surface area contributed by atoms with Crippen molar-refractivity contribution in [3.05, 3.63) is 0 Å². The molecule has 1 fully saturated rings. The summed E-state index contributed by atoms with van der Waals surface area (Å²) >= 11 is 1.44. The fourth-order valence-electron chi connectivity index (χ4n) is 0.584. The Morgan fingerprint density at radius 3 is 2.88 bits per heavy atom. The van der Waals surface area contributed by atoms with E-state index in [9.17, 15) is 4.79 Å². The molecule has 4 heteroatoms. The van der Waals surface area contributed by atoms with Crippen LogP contribution in [0.25, 0.3) is 0 Å². The first kappa shape index (κ1) is 5.91. The molecule has 0 saturated carbocycles. The lowest BCUT2D eigenvalue weighted by atomic mass is 10.6. The van der Waals surface area contributed by atoms with Crippen LogP contribution in [0.5, 0.6) is 0 Å². The van der Waals surface area contributed by atoms with Crippen molar-refractivity contribution in [1.82, 2.24) is 5.32 Å². The van der Waals surface area contributed by atoms with Crippen molar-refractivity contribution in [1.29, 1.82) is 0 Å². The van der Waals surface area contributed by atoms with Crippen LogP contribution in [0.1, 0.15) is 0 Å². The molecule has 0 radical (unpaired) electrons. The molecular weight excluding hydrogens is 126 g/mol. The Bertz CT molecular complexity index is 100. The van der Waals surface area contributed by atoms with Gasteiger partial charge in [0.25, 0.3) is 0 Å². The summed E-state index contributed by atoms with van der Waals surface area (Å²) in [6, 6.07) is 0. The number of nitrogens with one attached hydrogen (secondary N) is 1. The van der Waals surface area contributed by atoms with E-state index in [-0.39, 0.29) is 5.37 Å². The van der Waals surface area contributed by atoms with E-state index in [1.54, 1.807) is 0 Å². The summed E-state index contributed by atoms with van der Waals surface area (Å²) in [6.07, 6.45) is 0. The van der Waals surface area contributed by atoms with Crippen molar-refractivity contribution in [2.75, 3.05) is 12.3 Å². The van der Waals surface area contributed by atoms with Crippen molar-refractivity contribution in [2.45, 2.75) is 5.37 Å². The van der Waals surface area contributed by atoms with Gasteiger partial charge in [-0.15, -0.1) is 11.8 Å². The van der Waals surface area contributed by atoms with Gasteiger partial charge in [0.05, 0.1) is 0 Å². The summed E-state index contributed by atoms with van der Waals surface area (Å²) in [7, 11) is 0. The van der Waals surface area contributed by atoms with Gasteiger partial charge in [-0.2, -0.15) is 0 Å². The predicted octanol–water partition coefficient (Wildman–Crippen LogP) is -0.266. The van der Waals surface area contributed by atoms with E-state index >= 15 is 0 Å². The lowest BCUT2D eigenvalue weighted by Gasteiger charge is -1.98. The van der Waals surface area contributed by atoms with E-state index in [1.807, 2.05) is 0 Å². The van der Waals surface area contributed by atoms with E-state index < -0.39 is 5.97 Å². The Kier molecular flexibility index (Phi) is 1.75. The summed E-state index contributed by atoms with van der Waals surface area (Å²) in [6.45, 7) is 0.821. The minimum Gasteiger partial charge on any atom is -0.479 e. The highest BCUT2D eigenvalue weighted by Crippen LogP contribution is 2.12. The van der Waals surface area contributed by atoms with Crippen LogP contribution in [-0.4, -0.2) is 28.7 Å². The first-order valence-electron chi connectivity index (χ1n) is 2.38. The zero-order valence-electron chi connectivity index (χ0n) is 4.26. The molecule has 1 heterocycles. The average Bonchev–Trinajstić information content (AvgIpc) is 2.12. The number of carboxylic acids is 1. The number of hydrogen-bond donors (Lipinski definition) is 2. The highest BCUT2D eigenvalue weighted by atomic mass is 32.2. The van der Waals surface area contributed by atoms with Crippen LogP contribution in [-0.2, 0) is 4.79 Å². The molecule has 0 amide bonds. The summed E-state index contributed by atoms with van der Waals surface area (Å²) in [5.41, 5.74) is 0. The Hall–Kier alpha value is -0.220. The van der Waals surface area contributed by atoms with Gasteiger partial charge in [0, 0.05) is 12.3 Å². The maximum Gasteiger partial charge on any atom is 0.331 e. The van der Waals surface area contributed by atoms with E-state index in [1.165, 1.54) is 11.8 Å². The van der Waals surface area contributed by atoms with Gasteiger partial charge in [0.2, 0.25) is 0 Å². The number of rotatable bonds is 1. The topological polar surface area (TPSA) is 49.3 Å². The molecule has 1 rings (SSSR count). The molecule has 46 valence electrons. The Balaban J connectivity index is 2.35. The largest absolute Gasteiger partial charge is 0.479 e. The zero-order valence-corrected chi connectivity index (χ0v) is 5.07. The summed E-state index contributed by atoms with van der Waals surface area (Å²) < 4.78 is 0. The molecule has 0 spiro atoms. The monoisotopic (exact) mass is 133 g/mol. The maximum absolute atomic E-state index is 10.1. The molecule has 0 bridgehead atoms. The van der Waals surface area contributed by atoms with E-state index in [2.05, 4.69) is 5.32 Å². The van der Waals surface area contributed by atoms with Crippen LogP contribution in [0.2, 0.25) is 0 Å². The van der Waals surface area contributed by atoms with Crippen LogP contribution in [0.15, 0.2) is 0 Å². The number of aliphatic carboxylic acids is 1. The first-order valence-corrected chi connectivity index (χ1v) is 3.43. The number of carboxylic acid groups (broad SMARTS) is 1. The van der Waals surface area contributed by atoms with Crippen molar-refractivity contribution in [2.24, 2.45) is 0 Å². The summed E-state index contributed by atoms with van der Waals surface area (Å²) in [4.78, 5) is 10.1. The summed E-state index contributed by atoms with van der Waals surface area (Å²) in [5.74, 6) is 0.157. The van der Waals surface area contributed by atoms with Gasteiger partial charge >= 0.3 is 5.97 Å².